The maximum atomic E-state index is 12.1. The Labute approximate surface area is 114 Å². The maximum Gasteiger partial charge on any atom is 0.242 e. The van der Waals surface area contributed by atoms with Crippen LogP contribution in [0.15, 0.2) is 24.3 Å². The minimum absolute atomic E-state index is 0.0810. The zero-order chi connectivity index (χ0) is 13.7. The third-order valence-electron chi connectivity index (χ3n) is 3.44. The summed E-state index contributed by atoms with van der Waals surface area (Å²) >= 11 is 0. The van der Waals surface area contributed by atoms with Gasteiger partial charge in [-0.05, 0) is 30.4 Å². The van der Waals surface area contributed by atoms with Crippen molar-refractivity contribution in [3.63, 3.8) is 0 Å². The van der Waals surface area contributed by atoms with Crippen LogP contribution in [0.4, 0.5) is 5.69 Å². The predicted octanol–water partition coefficient (Wildman–Crippen LogP) is 1.81. The second-order valence-electron chi connectivity index (χ2n) is 5.20. The first-order valence-corrected chi connectivity index (χ1v) is 6.81. The first-order valence-electron chi connectivity index (χ1n) is 6.81. The van der Waals surface area contributed by atoms with E-state index in [0.717, 1.165) is 18.5 Å². The van der Waals surface area contributed by atoms with Crippen molar-refractivity contribution in [1.29, 1.82) is 0 Å². The number of carbonyl (C=O) groups excluding carboxylic acids is 1. The highest BCUT2D eigenvalue weighted by Gasteiger charge is 2.23. The average Bonchev–Trinajstić information content (AvgIpc) is 2.44. The van der Waals surface area contributed by atoms with Gasteiger partial charge in [0, 0.05) is 19.3 Å². The second kappa shape index (κ2) is 6.57. The zero-order valence-electron chi connectivity index (χ0n) is 11.6. The molecule has 1 amide bonds. The fourth-order valence-corrected chi connectivity index (χ4v) is 2.38. The number of amides is 1. The smallest absolute Gasteiger partial charge is 0.242 e. The van der Waals surface area contributed by atoms with Gasteiger partial charge in [0.1, 0.15) is 6.04 Å². The van der Waals surface area contributed by atoms with E-state index < -0.39 is 0 Å². The normalized spacial score (nSPS) is 19.2. The molecule has 4 nitrogen and oxygen atoms in total. The summed E-state index contributed by atoms with van der Waals surface area (Å²) in [6.45, 7) is 3.39. The number of methoxy groups -OCH3 is 1. The van der Waals surface area contributed by atoms with Gasteiger partial charge in [-0.25, -0.2) is 0 Å². The Balaban J connectivity index is 1.85. The van der Waals surface area contributed by atoms with E-state index in [0.29, 0.717) is 19.1 Å². The number of para-hydroxylation sites is 1. The van der Waals surface area contributed by atoms with Gasteiger partial charge in [0.2, 0.25) is 5.91 Å². The molecule has 1 aromatic rings. The number of ether oxygens (including phenoxy) is 1. The fourth-order valence-electron chi connectivity index (χ4n) is 2.38. The van der Waals surface area contributed by atoms with Crippen LogP contribution in [0.5, 0.6) is 0 Å². The summed E-state index contributed by atoms with van der Waals surface area (Å²) in [7, 11) is 1.68. The SMILES string of the molecule is COCC(C)CNC(=O)C1CCc2ccccc2N1. The molecule has 1 aromatic carbocycles. The Morgan fingerprint density at radius 3 is 3.11 bits per heavy atom. The molecule has 2 rings (SSSR count). The standard InChI is InChI=1S/C15H22N2O2/c1-11(10-19-2)9-16-15(18)14-8-7-12-5-3-4-6-13(12)17-14/h3-6,11,14,17H,7-10H2,1-2H3,(H,16,18). The molecule has 0 aromatic heterocycles. The Morgan fingerprint density at radius 2 is 2.32 bits per heavy atom. The van der Waals surface area contributed by atoms with Gasteiger partial charge in [0.05, 0.1) is 6.61 Å². The number of carbonyl (C=O) groups is 1. The summed E-state index contributed by atoms with van der Waals surface area (Å²) in [4.78, 5) is 12.1. The molecule has 0 fully saturated rings. The highest BCUT2D eigenvalue weighted by molar-refractivity contribution is 5.85. The topological polar surface area (TPSA) is 50.4 Å². The number of benzene rings is 1. The van der Waals surface area contributed by atoms with Crippen LogP contribution >= 0.6 is 0 Å². The average molecular weight is 262 g/mol. The number of nitrogens with one attached hydrogen (secondary N) is 2. The number of fused-ring (bicyclic) bond motifs is 1. The van der Waals surface area contributed by atoms with Crippen molar-refractivity contribution in [1.82, 2.24) is 5.32 Å². The molecule has 0 bridgehead atoms. The van der Waals surface area contributed by atoms with E-state index in [9.17, 15) is 4.79 Å². The molecule has 1 aliphatic heterocycles. The summed E-state index contributed by atoms with van der Waals surface area (Å²) < 4.78 is 5.06. The van der Waals surface area contributed by atoms with Crippen molar-refractivity contribution in [2.75, 3.05) is 25.6 Å². The Morgan fingerprint density at radius 1 is 1.53 bits per heavy atom. The van der Waals surface area contributed by atoms with Gasteiger partial charge >= 0.3 is 0 Å². The monoisotopic (exact) mass is 262 g/mol. The highest BCUT2D eigenvalue weighted by atomic mass is 16.5. The van der Waals surface area contributed by atoms with Gasteiger partial charge < -0.3 is 15.4 Å². The Bertz CT molecular complexity index is 434. The lowest BCUT2D eigenvalue weighted by molar-refractivity contribution is -0.122. The van der Waals surface area contributed by atoms with Crippen molar-refractivity contribution >= 4 is 11.6 Å². The molecule has 1 aliphatic rings. The molecule has 2 atom stereocenters. The quantitative estimate of drug-likeness (QED) is 0.851. The van der Waals surface area contributed by atoms with Gasteiger partial charge in [0.15, 0.2) is 0 Å². The molecule has 0 radical (unpaired) electrons. The van der Waals surface area contributed by atoms with E-state index in [1.807, 2.05) is 18.2 Å². The van der Waals surface area contributed by atoms with Crippen LogP contribution in [-0.2, 0) is 16.0 Å². The van der Waals surface area contributed by atoms with Gasteiger partial charge in [-0.15, -0.1) is 0 Å². The summed E-state index contributed by atoms with van der Waals surface area (Å²) in [5.74, 6) is 0.419. The van der Waals surface area contributed by atoms with Crippen LogP contribution in [0.2, 0.25) is 0 Å². The highest BCUT2D eigenvalue weighted by Crippen LogP contribution is 2.24. The lowest BCUT2D eigenvalue weighted by Gasteiger charge is -2.26. The van der Waals surface area contributed by atoms with Crippen LogP contribution in [0, 0.1) is 5.92 Å². The van der Waals surface area contributed by atoms with Crippen LogP contribution in [-0.4, -0.2) is 32.2 Å². The molecule has 104 valence electrons. The van der Waals surface area contributed by atoms with E-state index in [1.54, 1.807) is 7.11 Å². The molecule has 2 unspecified atom stereocenters. The molecule has 0 saturated carbocycles. The minimum Gasteiger partial charge on any atom is -0.384 e. The van der Waals surface area contributed by atoms with Gasteiger partial charge in [-0.3, -0.25) is 4.79 Å². The Kier molecular flexibility index (Phi) is 4.80. The largest absolute Gasteiger partial charge is 0.384 e. The summed E-state index contributed by atoms with van der Waals surface area (Å²) in [6, 6.07) is 8.05. The van der Waals surface area contributed by atoms with E-state index >= 15 is 0 Å². The van der Waals surface area contributed by atoms with Crippen molar-refractivity contribution in [3.05, 3.63) is 29.8 Å². The van der Waals surface area contributed by atoms with E-state index in [1.165, 1.54) is 5.56 Å². The predicted molar refractivity (Wildman–Crippen MR) is 76.2 cm³/mol. The van der Waals surface area contributed by atoms with Crippen LogP contribution in [0.1, 0.15) is 18.9 Å². The second-order valence-corrected chi connectivity index (χ2v) is 5.20. The van der Waals surface area contributed by atoms with Crippen molar-refractivity contribution < 1.29 is 9.53 Å². The number of hydrogen-bond donors (Lipinski definition) is 2. The van der Waals surface area contributed by atoms with Crippen LogP contribution in [0.3, 0.4) is 0 Å². The molecular formula is C15H22N2O2. The number of hydrogen-bond acceptors (Lipinski definition) is 3. The molecule has 2 N–H and O–H groups in total. The van der Waals surface area contributed by atoms with Crippen molar-refractivity contribution in [3.8, 4) is 0 Å². The van der Waals surface area contributed by atoms with Crippen LogP contribution in [0.25, 0.3) is 0 Å². The molecule has 0 saturated heterocycles. The van der Waals surface area contributed by atoms with Crippen molar-refractivity contribution in [2.24, 2.45) is 5.92 Å². The summed E-state index contributed by atoms with van der Waals surface area (Å²) in [6.07, 6.45) is 1.80. The fraction of sp³-hybridized carbons (Fsp3) is 0.533. The molecule has 0 spiro atoms. The lowest BCUT2D eigenvalue weighted by Crippen LogP contribution is -2.43. The van der Waals surface area contributed by atoms with E-state index in [4.69, 9.17) is 4.74 Å². The summed E-state index contributed by atoms with van der Waals surface area (Å²) in [5, 5.41) is 6.30. The van der Waals surface area contributed by atoms with E-state index in [2.05, 4.69) is 23.6 Å². The molecule has 1 heterocycles. The van der Waals surface area contributed by atoms with E-state index in [-0.39, 0.29) is 11.9 Å². The maximum absolute atomic E-state index is 12.1. The lowest BCUT2D eigenvalue weighted by atomic mass is 9.97. The van der Waals surface area contributed by atoms with Crippen LogP contribution < -0.4 is 10.6 Å². The Hall–Kier alpha value is -1.55. The molecule has 19 heavy (non-hydrogen) atoms. The van der Waals surface area contributed by atoms with Gasteiger partial charge in [-0.1, -0.05) is 25.1 Å². The molecule has 4 heteroatoms. The first-order chi connectivity index (χ1) is 9.20. The number of aryl methyl sites for hydroxylation is 1. The molecule has 0 aliphatic carbocycles. The number of rotatable bonds is 5. The third kappa shape index (κ3) is 3.70. The van der Waals surface area contributed by atoms with Gasteiger partial charge in [-0.2, -0.15) is 0 Å². The first kappa shape index (κ1) is 13.9. The van der Waals surface area contributed by atoms with Crippen molar-refractivity contribution in [2.45, 2.75) is 25.8 Å². The third-order valence-corrected chi connectivity index (χ3v) is 3.44. The van der Waals surface area contributed by atoms with Gasteiger partial charge in [0.25, 0.3) is 0 Å². The zero-order valence-corrected chi connectivity index (χ0v) is 11.6. The number of anilines is 1. The summed E-state index contributed by atoms with van der Waals surface area (Å²) in [5.41, 5.74) is 2.37. The molecular weight excluding hydrogens is 240 g/mol. The minimum atomic E-state index is -0.121.